The molecule has 0 radical (unpaired) electrons. The van der Waals surface area contributed by atoms with Crippen LogP contribution in [0.4, 0.5) is 0 Å². The summed E-state index contributed by atoms with van der Waals surface area (Å²) in [4.78, 5) is 29.3. The van der Waals surface area contributed by atoms with Crippen molar-refractivity contribution < 1.29 is 14.3 Å². The fraction of sp³-hybridized carbons (Fsp3) is 0.875. The number of thioether (sulfide) groups is 1. The Labute approximate surface area is 135 Å². The molecule has 0 unspecified atom stereocenters. The summed E-state index contributed by atoms with van der Waals surface area (Å²) >= 11 is 1.71. The molecule has 5 nitrogen and oxygen atoms in total. The van der Waals surface area contributed by atoms with Crippen LogP contribution in [0.1, 0.15) is 38.5 Å². The zero-order valence-corrected chi connectivity index (χ0v) is 13.8. The summed E-state index contributed by atoms with van der Waals surface area (Å²) in [5, 5.41) is 0. The van der Waals surface area contributed by atoms with Crippen LogP contribution in [0, 0.1) is 5.92 Å². The summed E-state index contributed by atoms with van der Waals surface area (Å²) in [6.45, 7) is 2.04. The number of rotatable bonds is 2. The van der Waals surface area contributed by atoms with Crippen LogP contribution < -0.4 is 0 Å². The maximum absolute atomic E-state index is 12.9. The van der Waals surface area contributed by atoms with E-state index in [1.54, 1.807) is 11.8 Å². The van der Waals surface area contributed by atoms with Crippen molar-refractivity contribution in [2.24, 2.45) is 5.92 Å². The van der Waals surface area contributed by atoms with E-state index in [9.17, 15) is 9.59 Å². The van der Waals surface area contributed by atoms with Gasteiger partial charge in [-0.25, -0.2) is 0 Å². The van der Waals surface area contributed by atoms with E-state index in [1.807, 2.05) is 9.80 Å². The van der Waals surface area contributed by atoms with Crippen molar-refractivity contribution in [2.45, 2.75) is 50.2 Å². The van der Waals surface area contributed by atoms with Gasteiger partial charge in [-0.05, 0) is 32.1 Å². The van der Waals surface area contributed by atoms with E-state index in [0.717, 1.165) is 44.4 Å². The van der Waals surface area contributed by atoms with Crippen molar-refractivity contribution in [3.8, 4) is 0 Å². The highest BCUT2D eigenvalue weighted by atomic mass is 32.2. The normalized spacial score (nSPS) is 31.0. The second-order valence-electron chi connectivity index (χ2n) is 7.10. The molecule has 0 aromatic rings. The van der Waals surface area contributed by atoms with Crippen LogP contribution in [0.2, 0.25) is 0 Å². The zero-order valence-electron chi connectivity index (χ0n) is 13.0. The minimum absolute atomic E-state index is 0.0670. The predicted octanol–water partition coefficient (Wildman–Crippen LogP) is 1.47. The second kappa shape index (κ2) is 5.71. The second-order valence-corrected chi connectivity index (χ2v) is 8.10. The Kier molecular flexibility index (Phi) is 3.85. The maximum Gasteiger partial charge on any atom is 0.246 e. The van der Waals surface area contributed by atoms with Gasteiger partial charge < -0.3 is 14.5 Å². The van der Waals surface area contributed by atoms with Gasteiger partial charge in [0.1, 0.15) is 6.04 Å². The number of hydrogen-bond acceptors (Lipinski definition) is 4. The van der Waals surface area contributed by atoms with Gasteiger partial charge in [0.25, 0.3) is 0 Å². The van der Waals surface area contributed by atoms with Crippen LogP contribution in [0.25, 0.3) is 0 Å². The number of carbonyl (C=O) groups is 2. The van der Waals surface area contributed by atoms with Gasteiger partial charge in [-0.15, -0.1) is 11.8 Å². The molecule has 2 aliphatic heterocycles. The van der Waals surface area contributed by atoms with Gasteiger partial charge >= 0.3 is 0 Å². The van der Waals surface area contributed by atoms with Crippen molar-refractivity contribution in [2.75, 3.05) is 31.3 Å². The van der Waals surface area contributed by atoms with Gasteiger partial charge in [-0.3, -0.25) is 9.59 Å². The molecule has 2 saturated carbocycles. The molecule has 6 heteroatoms. The number of carbonyl (C=O) groups excluding carboxylic acids is 2. The molecule has 1 spiro atoms. The van der Waals surface area contributed by atoms with Crippen LogP contribution in [0.15, 0.2) is 0 Å². The van der Waals surface area contributed by atoms with E-state index < -0.39 is 0 Å². The van der Waals surface area contributed by atoms with Gasteiger partial charge in [-0.1, -0.05) is 6.42 Å². The smallest absolute Gasteiger partial charge is 0.246 e. The SMILES string of the molecule is O=C([C@@H]1CSCN1C(=O)C1CCC1)N1CCOC2(CCC2)C1. The third-order valence-corrected chi connectivity index (χ3v) is 6.74. The molecule has 4 aliphatic rings. The largest absolute Gasteiger partial charge is 0.371 e. The maximum atomic E-state index is 12.9. The van der Waals surface area contributed by atoms with Crippen molar-refractivity contribution in [1.29, 1.82) is 0 Å². The summed E-state index contributed by atoms with van der Waals surface area (Å²) in [6.07, 6.45) is 6.50. The Morgan fingerprint density at radius 1 is 1.14 bits per heavy atom. The molecule has 1 atom stereocenters. The van der Waals surface area contributed by atoms with Crippen molar-refractivity contribution in [1.82, 2.24) is 9.80 Å². The third-order valence-electron chi connectivity index (χ3n) is 5.73. The molecule has 0 aromatic carbocycles. The molecular weight excluding hydrogens is 300 g/mol. The molecule has 0 N–H and O–H groups in total. The quantitative estimate of drug-likeness (QED) is 0.772. The molecule has 22 heavy (non-hydrogen) atoms. The number of amides is 2. The lowest BCUT2D eigenvalue weighted by Crippen LogP contribution is -2.60. The van der Waals surface area contributed by atoms with E-state index in [4.69, 9.17) is 4.74 Å². The molecule has 122 valence electrons. The summed E-state index contributed by atoms with van der Waals surface area (Å²) in [6, 6.07) is -0.242. The number of morpholine rings is 1. The van der Waals surface area contributed by atoms with Crippen molar-refractivity contribution >= 4 is 23.6 Å². The van der Waals surface area contributed by atoms with Gasteiger partial charge in [0, 0.05) is 24.8 Å². The Hall–Kier alpha value is -0.750. The topological polar surface area (TPSA) is 49.9 Å². The Balaban J connectivity index is 1.43. The van der Waals surface area contributed by atoms with Gasteiger partial charge in [0.05, 0.1) is 18.1 Å². The lowest BCUT2D eigenvalue weighted by Gasteiger charge is -2.49. The average Bonchev–Trinajstić information content (AvgIpc) is 2.92. The Morgan fingerprint density at radius 2 is 1.95 bits per heavy atom. The van der Waals surface area contributed by atoms with Crippen molar-refractivity contribution in [3.63, 3.8) is 0 Å². The first-order chi connectivity index (χ1) is 10.7. The summed E-state index contributed by atoms with van der Waals surface area (Å²) in [5.74, 6) is 1.97. The molecule has 2 amide bonds. The van der Waals surface area contributed by atoms with Crippen molar-refractivity contribution in [3.05, 3.63) is 0 Å². The number of nitrogens with zero attached hydrogens (tertiary/aromatic N) is 2. The summed E-state index contributed by atoms with van der Waals surface area (Å²) in [7, 11) is 0. The van der Waals surface area contributed by atoms with E-state index >= 15 is 0 Å². The highest BCUT2D eigenvalue weighted by Crippen LogP contribution is 2.39. The Morgan fingerprint density at radius 3 is 2.59 bits per heavy atom. The lowest BCUT2D eigenvalue weighted by atomic mass is 9.78. The van der Waals surface area contributed by atoms with Crippen LogP contribution in [0.3, 0.4) is 0 Å². The first-order valence-corrected chi connectivity index (χ1v) is 9.65. The predicted molar refractivity (Wildman–Crippen MR) is 84.4 cm³/mol. The molecule has 4 fully saturated rings. The van der Waals surface area contributed by atoms with Crippen LogP contribution >= 0.6 is 11.8 Å². The summed E-state index contributed by atoms with van der Waals surface area (Å²) < 4.78 is 5.90. The molecule has 2 heterocycles. The first kappa shape index (κ1) is 14.8. The van der Waals surface area contributed by atoms with Crippen LogP contribution in [0.5, 0.6) is 0 Å². The molecular formula is C16H24N2O3S. The zero-order chi connectivity index (χ0) is 15.2. The fourth-order valence-corrected chi connectivity index (χ4v) is 5.03. The van der Waals surface area contributed by atoms with E-state index in [1.165, 1.54) is 6.42 Å². The number of ether oxygens (including phenoxy) is 1. The molecule has 0 aromatic heterocycles. The van der Waals surface area contributed by atoms with E-state index in [-0.39, 0.29) is 29.4 Å². The minimum atomic E-state index is -0.242. The average molecular weight is 324 g/mol. The van der Waals surface area contributed by atoms with Crippen LogP contribution in [-0.2, 0) is 14.3 Å². The van der Waals surface area contributed by atoms with E-state index in [2.05, 4.69) is 0 Å². The van der Waals surface area contributed by atoms with Crippen LogP contribution in [-0.4, -0.2) is 64.6 Å². The molecule has 0 bridgehead atoms. The fourth-order valence-electron chi connectivity index (χ4n) is 3.87. The highest BCUT2D eigenvalue weighted by molar-refractivity contribution is 7.99. The number of hydrogen-bond donors (Lipinski definition) is 0. The summed E-state index contributed by atoms with van der Waals surface area (Å²) in [5.41, 5.74) is -0.0670. The highest BCUT2D eigenvalue weighted by Gasteiger charge is 2.46. The Bertz CT molecular complexity index is 476. The van der Waals surface area contributed by atoms with E-state index in [0.29, 0.717) is 19.0 Å². The third kappa shape index (κ3) is 2.44. The standard InChI is InChI=1S/C16H24N2O3S/c19-14(12-3-1-4-12)18-11-22-9-13(18)15(20)17-7-8-21-16(10-17)5-2-6-16/h12-13H,1-11H2/t13-/m0/s1. The van der Waals surface area contributed by atoms with Gasteiger partial charge in [0.15, 0.2) is 0 Å². The molecule has 2 aliphatic carbocycles. The monoisotopic (exact) mass is 324 g/mol. The first-order valence-electron chi connectivity index (χ1n) is 8.50. The van der Waals surface area contributed by atoms with Gasteiger partial charge in [-0.2, -0.15) is 0 Å². The molecule has 4 rings (SSSR count). The lowest BCUT2D eigenvalue weighted by molar-refractivity contribution is -0.171. The molecule has 2 saturated heterocycles. The van der Waals surface area contributed by atoms with Gasteiger partial charge in [0.2, 0.25) is 11.8 Å². The minimum Gasteiger partial charge on any atom is -0.371 e.